The Kier molecular flexibility index (Phi) is 8.08. The van der Waals surface area contributed by atoms with Gasteiger partial charge < -0.3 is 23.9 Å². The molecule has 1 saturated carbocycles. The number of aromatic nitrogens is 1. The van der Waals surface area contributed by atoms with Crippen LogP contribution in [-0.2, 0) is 17.8 Å². The molecule has 1 aliphatic rings. The first-order valence-electron chi connectivity index (χ1n) is 11.3. The fourth-order valence-corrected chi connectivity index (χ4v) is 4.01. The third kappa shape index (κ3) is 6.12. The molecule has 0 atom stereocenters. The van der Waals surface area contributed by atoms with Gasteiger partial charge in [0, 0.05) is 33.0 Å². The largest absolute Gasteiger partial charge is 0.460 e. The second-order valence-corrected chi connectivity index (χ2v) is 8.48. The number of carbonyl (C=O) groups excluding carboxylic acids is 3. The van der Waals surface area contributed by atoms with Crippen LogP contribution in [0.1, 0.15) is 76.1 Å². The van der Waals surface area contributed by atoms with Gasteiger partial charge in [-0.25, -0.2) is 4.79 Å². The maximum absolute atomic E-state index is 13.0. The summed E-state index contributed by atoms with van der Waals surface area (Å²) in [6.45, 7) is 2.54. The van der Waals surface area contributed by atoms with E-state index in [9.17, 15) is 19.2 Å². The molecule has 1 aliphatic carbocycles. The molecule has 2 aromatic rings. The summed E-state index contributed by atoms with van der Waals surface area (Å²) in [7, 11) is 3.13. The quantitative estimate of drug-likeness (QED) is 0.610. The summed E-state index contributed by atoms with van der Waals surface area (Å²) >= 11 is 0. The number of pyridine rings is 1. The minimum Gasteiger partial charge on any atom is -0.460 e. The molecule has 0 unspecified atom stereocenters. The van der Waals surface area contributed by atoms with Crippen molar-refractivity contribution >= 4 is 17.8 Å². The van der Waals surface area contributed by atoms with Gasteiger partial charge in [0.2, 0.25) is 11.2 Å². The van der Waals surface area contributed by atoms with Gasteiger partial charge in [-0.3, -0.25) is 14.4 Å². The van der Waals surface area contributed by atoms with E-state index in [0.717, 1.165) is 12.8 Å². The van der Waals surface area contributed by atoms with E-state index in [4.69, 9.17) is 9.15 Å². The number of furan rings is 1. The van der Waals surface area contributed by atoms with Crippen LogP contribution in [0.5, 0.6) is 0 Å². The van der Waals surface area contributed by atoms with Crippen molar-refractivity contribution in [3.63, 3.8) is 0 Å². The van der Waals surface area contributed by atoms with E-state index in [1.807, 2.05) is 0 Å². The van der Waals surface area contributed by atoms with Crippen LogP contribution < -0.4 is 10.7 Å². The highest BCUT2D eigenvalue weighted by molar-refractivity contribution is 5.99. The number of amides is 2. The minimum absolute atomic E-state index is 0.0217. The number of esters is 1. The van der Waals surface area contributed by atoms with E-state index in [-0.39, 0.29) is 30.0 Å². The number of nitrogens with one attached hydrogen (secondary N) is 1. The molecule has 178 valence electrons. The van der Waals surface area contributed by atoms with Crippen LogP contribution in [0.2, 0.25) is 0 Å². The van der Waals surface area contributed by atoms with Gasteiger partial charge in [0.15, 0.2) is 0 Å². The van der Waals surface area contributed by atoms with Gasteiger partial charge in [-0.2, -0.15) is 0 Å². The van der Waals surface area contributed by atoms with Crippen molar-refractivity contribution in [3.8, 4) is 0 Å². The summed E-state index contributed by atoms with van der Waals surface area (Å²) in [6, 6.07) is 3.02. The molecule has 0 radical (unpaired) electrons. The normalized spacial score (nSPS) is 14.0. The van der Waals surface area contributed by atoms with Gasteiger partial charge >= 0.3 is 5.97 Å². The SMILES string of the molecule is CCOC(=O)c1ccc(CNC(=O)c2cn(CC3CCCCC3)cc(C(=O)N(C)C)c2=O)o1. The lowest BCUT2D eigenvalue weighted by Crippen LogP contribution is -2.35. The summed E-state index contributed by atoms with van der Waals surface area (Å²) < 4.78 is 12.1. The molecule has 0 aliphatic heterocycles. The number of nitrogens with zero attached hydrogens (tertiary/aromatic N) is 2. The lowest BCUT2D eigenvalue weighted by Gasteiger charge is -2.23. The van der Waals surface area contributed by atoms with Crippen molar-refractivity contribution in [2.45, 2.75) is 52.1 Å². The Hall–Kier alpha value is -3.36. The molecule has 0 saturated heterocycles. The van der Waals surface area contributed by atoms with E-state index >= 15 is 0 Å². The first kappa shape index (κ1) is 24.3. The zero-order valence-electron chi connectivity index (χ0n) is 19.4. The van der Waals surface area contributed by atoms with Gasteiger partial charge in [-0.05, 0) is 37.8 Å². The minimum atomic E-state index is -0.613. The number of rotatable bonds is 8. The molecule has 3 rings (SSSR count). The Morgan fingerprint density at radius 3 is 2.48 bits per heavy atom. The molecule has 0 bridgehead atoms. The number of ether oxygens (including phenoxy) is 1. The predicted molar refractivity (Wildman–Crippen MR) is 121 cm³/mol. The van der Waals surface area contributed by atoms with Crippen molar-refractivity contribution in [1.29, 1.82) is 0 Å². The van der Waals surface area contributed by atoms with E-state index in [2.05, 4.69) is 5.32 Å². The predicted octanol–water partition coefficient (Wildman–Crippen LogP) is 2.83. The van der Waals surface area contributed by atoms with E-state index in [1.54, 1.807) is 37.8 Å². The molecule has 0 aromatic carbocycles. The number of hydrogen-bond donors (Lipinski definition) is 1. The van der Waals surface area contributed by atoms with Crippen LogP contribution in [0.25, 0.3) is 0 Å². The van der Waals surface area contributed by atoms with Crippen LogP contribution in [0.4, 0.5) is 0 Å². The highest BCUT2D eigenvalue weighted by Crippen LogP contribution is 2.25. The van der Waals surface area contributed by atoms with Crippen molar-refractivity contribution < 1.29 is 23.5 Å². The Morgan fingerprint density at radius 1 is 1.12 bits per heavy atom. The highest BCUT2D eigenvalue weighted by Gasteiger charge is 2.22. The standard InChI is InChI=1S/C24H31N3O6/c1-4-32-24(31)20-11-10-17(33-20)12-25-22(29)18-14-27(13-16-8-6-5-7-9-16)15-19(21(18)28)23(30)26(2)3/h10-11,14-16H,4-9,12-13H2,1-3H3,(H,25,29). The van der Waals surface area contributed by atoms with Crippen LogP contribution in [0.15, 0.2) is 33.7 Å². The number of hydrogen-bond acceptors (Lipinski definition) is 6. The average molecular weight is 458 g/mol. The third-order valence-electron chi connectivity index (χ3n) is 5.72. The maximum atomic E-state index is 13.0. The van der Waals surface area contributed by atoms with Gasteiger partial charge in [0.25, 0.3) is 11.8 Å². The molecular formula is C24H31N3O6. The molecule has 33 heavy (non-hydrogen) atoms. The molecule has 2 heterocycles. The van der Waals surface area contributed by atoms with Crippen LogP contribution >= 0.6 is 0 Å². The van der Waals surface area contributed by atoms with E-state index in [0.29, 0.717) is 18.2 Å². The van der Waals surface area contributed by atoms with Gasteiger partial charge in [0.1, 0.15) is 16.9 Å². The zero-order valence-corrected chi connectivity index (χ0v) is 19.4. The van der Waals surface area contributed by atoms with Crippen LogP contribution in [0.3, 0.4) is 0 Å². The second kappa shape index (κ2) is 11.0. The van der Waals surface area contributed by atoms with E-state index in [1.165, 1.54) is 36.4 Å². The summed E-state index contributed by atoms with van der Waals surface area (Å²) in [5.41, 5.74) is -0.750. The summed E-state index contributed by atoms with van der Waals surface area (Å²) in [6.07, 6.45) is 8.80. The Morgan fingerprint density at radius 2 is 1.82 bits per heavy atom. The lowest BCUT2D eigenvalue weighted by molar-refractivity contribution is 0.0488. The monoisotopic (exact) mass is 457 g/mol. The fourth-order valence-electron chi connectivity index (χ4n) is 4.01. The highest BCUT2D eigenvalue weighted by atomic mass is 16.5. The molecule has 1 fully saturated rings. The first-order valence-corrected chi connectivity index (χ1v) is 11.3. The molecular weight excluding hydrogens is 426 g/mol. The molecule has 2 amide bonds. The topological polar surface area (TPSA) is 111 Å². The molecule has 9 heteroatoms. The van der Waals surface area contributed by atoms with Crippen LogP contribution in [0, 0.1) is 5.92 Å². The van der Waals surface area contributed by atoms with Crippen molar-refractivity contribution in [2.24, 2.45) is 5.92 Å². The molecule has 2 aromatic heterocycles. The molecule has 9 nitrogen and oxygen atoms in total. The Bertz CT molecular complexity index is 1060. The summed E-state index contributed by atoms with van der Waals surface area (Å²) in [5, 5.41) is 2.64. The zero-order chi connectivity index (χ0) is 24.0. The Balaban J connectivity index is 1.80. The van der Waals surface area contributed by atoms with Crippen LogP contribution in [-0.4, -0.2) is 48.0 Å². The molecule has 0 spiro atoms. The number of carbonyl (C=O) groups is 3. The summed E-state index contributed by atoms with van der Waals surface area (Å²) in [4.78, 5) is 51.5. The third-order valence-corrected chi connectivity index (χ3v) is 5.72. The lowest BCUT2D eigenvalue weighted by atomic mass is 9.89. The average Bonchev–Trinajstić information content (AvgIpc) is 3.28. The second-order valence-electron chi connectivity index (χ2n) is 8.48. The van der Waals surface area contributed by atoms with Crippen molar-refractivity contribution in [1.82, 2.24) is 14.8 Å². The first-order chi connectivity index (χ1) is 15.8. The van der Waals surface area contributed by atoms with Gasteiger partial charge in [-0.1, -0.05) is 19.3 Å². The van der Waals surface area contributed by atoms with Gasteiger partial charge in [0.05, 0.1) is 13.2 Å². The maximum Gasteiger partial charge on any atom is 0.374 e. The Labute approximate surface area is 192 Å². The van der Waals surface area contributed by atoms with Crippen molar-refractivity contribution in [3.05, 3.63) is 57.4 Å². The van der Waals surface area contributed by atoms with E-state index < -0.39 is 23.2 Å². The smallest absolute Gasteiger partial charge is 0.374 e. The summed E-state index contributed by atoms with van der Waals surface area (Å²) in [5.74, 6) is -0.819. The fraction of sp³-hybridized carbons (Fsp3) is 0.500. The van der Waals surface area contributed by atoms with Gasteiger partial charge in [-0.15, -0.1) is 0 Å². The van der Waals surface area contributed by atoms with Crippen molar-refractivity contribution in [2.75, 3.05) is 20.7 Å². The molecule has 1 N–H and O–H groups in total.